The van der Waals surface area contributed by atoms with Gasteiger partial charge in [-0.1, -0.05) is 6.07 Å². The van der Waals surface area contributed by atoms with E-state index in [0.29, 0.717) is 11.7 Å². The molecule has 1 fully saturated rings. The summed E-state index contributed by atoms with van der Waals surface area (Å²) in [5, 5.41) is 13.8. The lowest BCUT2D eigenvalue weighted by atomic mass is 9.89. The van der Waals surface area contributed by atoms with Crippen LogP contribution in [-0.4, -0.2) is 18.2 Å². The zero-order chi connectivity index (χ0) is 11.8. The molecular formula is C14H18BrNO. The smallest absolute Gasteiger partial charge is 0.133 e. The van der Waals surface area contributed by atoms with Crippen LogP contribution < -0.4 is 5.32 Å². The van der Waals surface area contributed by atoms with Crippen LogP contribution in [0.25, 0.3) is 0 Å². The van der Waals surface area contributed by atoms with Crippen LogP contribution in [0.5, 0.6) is 5.75 Å². The van der Waals surface area contributed by atoms with Crippen LogP contribution in [-0.2, 0) is 12.8 Å². The van der Waals surface area contributed by atoms with Gasteiger partial charge in [-0.25, -0.2) is 0 Å². The fourth-order valence-corrected chi connectivity index (χ4v) is 3.81. The topological polar surface area (TPSA) is 32.3 Å². The molecule has 1 atom stereocenters. The predicted octanol–water partition coefficient (Wildman–Crippen LogP) is 3.11. The normalized spacial score (nSPS) is 23.7. The lowest BCUT2D eigenvalue weighted by molar-refractivity contribution is 0.423. The summed E-state index contributed by atoms with van der Waals surface area (Å²) in [5.74, 6) is 0.963. The molecule has 2 nitrogen and oxygen atoms in total. The Balaban J connectivity index is 2.01. The van der Waals surface area contributed by atoms with Crippen molar-refractivity contribution in [2.24, 2.45) is 0 Å². The van der Waals surface area contributed by atoms with Crippen LogP contribution in [0.15, 0.2) is 10.5 Å². The highest BCUT2D eigenvalue weighted by atomic mass is 79.9. The standard InChI is InChI=1S/C14H18BrNO/c15-13-11-5-1-3-9(11)7-12(14(13)17)10-4-2-6-16-8-10/h7,10,16-17H,1-6,8H2. The van der Waals surface area contributed by atoms with Gasteiger partial charge < -0.3 is 10.4 Å². The Kier molecular flexibility index (Phi) is 3.14. The third-order valence-electron chi connectivity index (χ3n) is 4.07. The Bertz CT molecular complexity index is 438. The van der Waals surface area contributed by atoms with Gasteiger partial charge in [0.15, 0.2) is 0 Å². The number of phenolic OH excluding ortho intramolecular Hbond substituents is 1. The van der Waals surface area contributed by atoms with Gasteiger partial charge in [0.05, 0.1) is 4.47 Å². The van der Waals surface area contributed by atoms with Gasteiger partial charge in [-0.2, -0.15) is 0 Å². The monoisotopic (exact) mass is 295 g/mol. The summed E-state index contributed by atoms with van der Waals surface area (Å²) in [4.78, 5) is 0. The first-order chi connectivity index (χ1) is 8.27. The number of fused-ring (bicyclic) bond motifs is 1. The van der Waals surface area contributed by atoms with Gasteiger partial charge in [0, 0.05) is 12.5 Å². The number of phenols is 1. The number of nitrogens with one attached hydrogen (secondary N) is 1. The van der Waals surface area contributed by atoms with Crippen molar-refractivity contribution in [1.29, 1.82) is 0 Å². The number of halogens is 1. The van der Waals surface area contributed by atoms with Gasteiger partial charge >= 0.3 is 0 Å². The van der Waals surface area contributed by atoms with E-state index in [1.807, 2.05) is 0 Å². The highest BCUT2D eigenvalue weighted by Crippen LogP contribution is 2.42. The van der Waals surface area contributed by atoms with Crippen molar-refractivity contribution in [3.05, 3.63) is 27.2 Å². The zero-order valence-corrected chi connectivity index (χ0v) is 11.5. The summed E-state index contributed by atoms with van der Waals surface area (Å²) in [7, 11) is 0. The van der Waals surface area contributed by atoms with Crippen LogP contribution in [0, 0.1) is 0 Å². The lowest BCUT2D eigenvalue weighted by Gasteiger charge is -2.25. The number of hydrogen-bond donors (Lipinski definition) is 2. The minimum absolute atomic E-state index is 0.478. The lowest BCUT2D eigenvalue weighted by Crippen LogP contribution is -2.28. The van der Waals surface area contributed by atoms with E-state index in [1.165, 1.54) is 36.8 Å². The molecule has 0 bridgehead atoms. The maximum absolute atomic E-state index is 10.3. The quantitative estimate of drug-likeness (QED) is 0.834. The zero-order valence-electron chi connectivity index (χ0n) is 9.93. The van der Waals surface area contributed by atoms with E-state index >= 15 is 0 Å². The first kappa shape index (κ1) is 11.5. The summed E-state index contributed by atoms with van der Waals surface area (Å²) in [5.41, 5.74) is 3.91. The molecule has 1 heterocycles. The molecule has 0 saturated carbocycles. The van der Waals surface area contributed by atoms with Crippen LogP contribution in [0.4, 0.5) is 0 Å². The molecule has 1 aliphatic carbocycles. The Morgan fingerprint density at radius 2 is 2.18 bits per heavy atom. The van der Waals surface area contributed by atoms with Crippen molar-refractivity contribution in [3.63, 3.8) is 0 Å². The van der Waals surface area contributed by atoms with E-state index in [0.717, 1.165) is 29.5 Å². The fourth-order valence-electron chi connectivity index (χ4n) is 3.13. The number of rotatable bonds is 1. The number of piperidine rings is 1. The van der Waals surface area contributed by atoms with Gasteiger partial charge in [0.25, 0.3) is 0 Å². The van der Waals surface area contributed by atoms with Crippen molar-refractivity contribution in [2.75, 3.05) is 13.1 Å². The van der Waals surface area contributed by atoms with Crippen molar-refractivity contribution in [2.45, 2.75) is 38.0 Å². The molecule has 2 N–H and O–H groups in total. The Labute approximate surface area is 111 Å². The molecule has 1 aromatic carbocycles. The van der Waals surface area contributed by atoms with Gasteiger partial charge in [0.2, 0.25) is 0 Å². The molecule has 17 heavy (non-hydrogen) atoms. The number of hydrogen-bond acceptors (Lipinski definition) is 2. The van der Waals surface area contributed by atoms with Gasteiger partial charge in [-0.15, -0.1) is 0 Å². The maximum Gasteiger partial charge on any atom is 0.133 e. The van der Waals surface area contributed by atoms with E-state index in [-0.39, 0.29) is 0 Å². The molecule has 0 radical (unpaired) electrons. The highest BCUT2D eigenvalue weighted by Gasteiger charge is 2.24. The average molecular weight is 296 g/mol. The van der Waals surface area contributed by atoms with Gasteiger partial charge in [-0.05, 0) is 71.3 Å². The summed E-state index contributed by atoms with van der Waals surface area (Å²) in [6.07, 6.45) is 5.89. The van der Waals surface area contributed by atoms with Crippen molar-refractivity contribution >= 4 is 15.9 Å². The second kappa shape index (κ2) is 4.62. The maximum atomic E-state index is 10.3. The molecule has 1 saturated heterocycles. The van der Waals surface area contributed by atoms with Crippen LogP contribution >= 0.6 is 15.9 Å². The first-order valence-electron chi connectivity index (χ1n) is 6.51. The molecule has 92 valence electrons. The first-order valence-corrected chi connectivity index (χ1v) is 7.30. The van der Waals surface area contributed by atoms with E-state index in [9.17, 15) is 5.11 Å². The minimum atomic E-state index is 0.478. The van der Waals surface area contributed by atoms with Crippen molar-refractivity contribution in [1.82, 2.24) is 5.32 Å². The predicted molar refractivity (Wildman–Crippen MR) is 72.7 cm³/mol. The molecule has 0 amide bonds. The average Bonchev–Trinajstić information content (AvgIpc) is 2.83. The SMILES string of the molecule is Oc1c(C2CCCNC2)cc2c(c1Br)CCC2. The van der Waals surface area contributed by atoms with Crippen LogP contribution in [0.3, 0.4) is 0 Å². The fraction of sp³-hybridized carbons (Fsp3) is 0.571. The Morgan fingerprint density at radius 1 is 1.29 bits per heavy atom. The number of benzene rings is 1. The molecule has 0 aromatic heterocycles. The Morgan fingerprint density at radius 3 is 2.94 bits per heavy atom. The molecule has 3 heteroatoms. The third kappa shape index (κ3) is 2.00. The minimum Gasteiger partial charge on any atom is -0.506 e. The summed E-state index contributed by atoms with van der Waals surface area (Å²) >= 11 is 3.58. The van der Waals surface area contributed by atoms with E-state index in [1.54, 1.807) is 0 Å². The second-order valence-electron chi connectivity index (χ2n) is 5.16. The molecule has 1 unspecified atom stereocenters. The van der Waals surface area contributed by atoms with Crippen LogP contribution in [0.2, 0.25) is 0 Å². The summed E-state index contributed by atoms with van der Waals surface area (Å²) in [6, 6.07) is 2.25. The number of aryl methyl sites for hydroxylation is 1. The van der Waals surface area contributed by atoms with Crippen LogP contribution in [0.1, 0.15) is 41.9 Å². The molecule has 2 aliphatic rings. The molecule has 1 aromatic rings. The highest BCUT2D eigenvalue weighted by molar-refractivity contribution is 9.10. The third-order valence-corrected chi connectivity index (χ3v) is 4.93. The summed E-state index contributed by atoms with van der Waals surface area (Å²) < 4.78 is 0.952. The molecule has 3 rings (SSSR count). The van der Waals surface area contributed by atoms with Crippen molar-refractivity contribution < 1.29 is 5.11 Å². The van der Waals surface area contributed by atoms with Crippen molar-refractivity contribution in [3.8, 4) is 5.75 Å². The van der Waals surface area contributed by atoms with Gasteiger partial charge in [0.1, 0.15) is 5.75 Å². The Hall–Kier alpha value is -0.540. The number of aromatic hydroxyl groups is 1. The summed E-state index contributed by atoms with van der Waals surface area (Å²) in [6.45, 7) is 2.11. The molecule has 0 spiro atoms. The van der Waals surface area contributed by atoms with Gasteiger partial charge in [-0.3, -0.25) is 0 Å². The molecule has 1 aliphatic heterocycles. The van der Waals surface area contributed by atoms with E-state index in [4.69, 9.17) is 0 Å². The molecular weight excluding hydrogens is 278 g/mol. The second-order valence-corrected chi connectivity index (χ2v) is 5.96. The largest absolute Gasteiger partial charge is 0.506 e. The van der Waals surface area contributed by atoms with E-state index in [2.05, 4.69) is 27.3 Å². The van der Waals surface area contributed by atoms with E-state index < -0.39 is 0 Å².